The Kier molecular flexibility index (Phi) is 6.02. The van der Waals surface area contributed by atoms with Crippen LogP contribution >= 0.6 is 0 Å². The molecule has 6 nitrogen and oxygen atoms in total. The normalized spacial score (nSPS) is 29.3. The summed E-state index contributed by atoms with van der Waals surface area (Å²) in [5.74, 6) is 0.576. The molecule has 0 aromatic carbocycles. The van der Waals surface area contributed by atoms with Crippen molar-refractivity contribution < 1.29 is 13.2 Å². The summed E-state index contributed by atoms with van der Waals surface area (Å²) < 4.78 is 34.6. The SMILES string of the molecule is CC(C)NCC1CCN(S(=O)(=O)NC2CCOC2C)CC1. The minimum Gasteiger partial charge on any atom is -0.377 e. The molecule has 21 heavy (non-hydrogen) atoms. The van der Waals surface area contributed by atoms with Gasteiger partial charge in [-0.25, -0.2) is 0 Å². The summed E-state index contributed by atoms with van der Waals surface area (Å²) in [6.45, 7) is 9.03. The van der Waals surface area contributed by atoms with Crippen LogP contribution in [0.3, 0.4) is 0 Å². The van der Waals surface area contributed by atoms with Gasteiger partial charge in [0.15, 0.2) is 0 Å². The van der Waals surface area contributed by atoms with Crippen LogP contribution in [-0.2, 0) is 14.9 Å². The molecule has 2 heterocycles. The van der Waals surface area contributed by atoms with E-state index in [1.54, 1.807) is 4.31 Å². The first-order chi connectivity index (χ1) is 9.88. The van der Waals surface area contributed by atoms with Crippen LogP contribution in [-0.4, -0.2) is 57.2 Å². The highest BCUT2D eigenvalue weighted by atomic mass is 32.2. The molecule has 2 fully saturated rings. The van der Waals surface area contributed by atoms with Gasteiger partial charge in [-0.2, -0.15) is 17.4 Å². The molecule has 0 bridgehead atoms. The van der Waals surface area contributed by atoms with Gasteiger partial charge in [-0.05, 0) is 38.6 Å². The van der Waals surface area contributed by atoms with Crippen molar-refractivity contribution in [1.82, 2.24) is 14.3 Å². The maximum absolute atomic E-state index is 12.4. The van der Waals surface area contributed by atoms with Gasteiger partial charge in [-0.1, -0.05) is 13.8 Å². The van der Waals surface area contributed by atoms with E-state index in [0.29, 0.717) is 31.7 Å². The number of piperidine rings is 1. The van der Waals surface area contributed by atoms with Gasteiger partial charge in [0, 0.05) is 25.7 Å². The van der Waals surface area contributed by atoms with Crippen molar-refractivity contribution in [3.05, 3.63) is 0 Å². The van der Waals surface area contributed by atoms with Crippen molar-refractivity contribution in [2.75, 3.05) is 26.2 Å². The molecular weight excluding hydrogens is 290 g/mol. The van der Waals surface area contributed by atoms with Gasteiger partial charge in [-0.3, -0.25) is 0 Å². The van der Waals surface area contributed by atoms with Crippen LogP contribution in [0.15, 0.2) is 0 Å². The van der Waals surface area contributed by atoms with Crippen LogP contribution in [0.2, 0.25) is 0 Å². The first-order valence-electron chi connectivity index (χ1n) is 8.01. The average Bonchev–Trinajstić information content (AvgIpc) is 2.82. The molecule has 2 aliphatic rings. The van der Waals surface area contributed by atoms with Crippen molar-refractivity contribution in [2.45, 2.75) is 58.2 Å². The first-order valence-corrected chi connectivity index (χ1v) is 9.45. The Morgan fingerprint density at radius 1 is 1.24 bits per heavy atom. The van der Waals surface area contributed by atoms with Crippen molar-refractivity contribution in [2.24, 2.45) is 5.92 Å². The summed E-state index contributed by atoms with van der Waals surface area (Å²) in [4.78, 5) is 0. The van der Waals surface area contributed by atoms with Crippen LogP contribution in [0.5, 0.6) is 0 Å². The van der Waals surface area contributed by atoms with E-state index in [1.807, 2.05) is 6.92 Å². The van der Waals surface area contributed by atoms with Gasteiger partial charge in [0.05, 0.1) is 12.1 Å². The van der Waals surface area contributed by atoms with Crippen molar-refractivity contribution in [3.8, 4) is 0 Å². The predicted molar refractivity (Wildman–Crippen MR) is 83.3 cm³/mol. The average molecular weight is 319 g/mol. The maximum Gasteiger partial charge on any atom is 0.279 e. The molecule has 2 aliphatic heterocycles. The summed E-state index contributed by atoms with van der Waals surface area (Å²) in [7, 11) is -3.37. The highest BCUT2D eigenvalue weighted by Gasteiger charge is 2.33. The monoisotopic (exact) mass is 319 g/mol. The Bertz CT molecular complexity index is 419. The number of rotatable bonds is 6. The molecule has 0 aliphatic carbocycles. The lowest BCUT2D eigenvalue weighted by molar-refractivity contribution is 0.116. The zero-order chi connectivity index (χ0) is 15.5. The first kappa shape index (κ1) is 17.1. The van der Waals surface area contributed by atoms with Crippen LogP contribution in [0.4, 0.5) is 0 Å². The summed E-state index contributed by atoms with van der Waals surface area (Å²) in [5, 5.41) is 3.43. The van der Waals surface area contributed by atoms with E-state index in [9.17, 15) is 8.42 Å². The fraction of sp³-hybridized carbons (Fsp3) is 1.00. The second kappa shape index (κ2) is 7.37. The summed E-state index contributed by atoms with van der Waals surface area (Å²) in [5.41, 5.74) is 0. The van der Waals surface area contributed by atoms with E-state index in [-0.39, 0.29) is 12.1 Å². The number of nitrogens with one attached hydrogen (secondary N) is 2. The van der Waals surface area contributed by atoms with E-state index >= 15 is 0 Å². The Balaban J connectivity index is 1.80. The molecule has 0 aromatic heterocycles. The fourth-order valence-corrected chi connectivity index (χ4v) is 4.44. The molecule has 124 valence electrons. The van der Waals surface area contributed by atoms with Gasteiger partial charge in [0.25, 0.3) is 10.2 Å². The quantitative estimate of drug-likeness (QED) is 0.756. The van der Waals surface area contributed by atoms with Gasteiger partial charge in [0.1, 0.15) is 0 Å². The molecular formula is C14H29N3O3S. The zero-order valence-corrected chi connectivity index (χ0v) is 14.2. The molecule has 2 saturated heterocycles. The third kappa shape index (κ3) is 4.89. The summed E-state index contributed by atoms with van der Waals surface area (Å²) in [6, 6.07) is 0.396. The molecule has 2 rings (SSSR count). The van der Waals surface area contributed by atoms with E-state index < -0.39 is 10.2 Å². The Hall–Kier alpha value is -0.210. The van der Waals surface area contributed by atoms with Gasteiger partial charge in [-0.15, -0.1) is 0 Å². The van der Waals surface area contributed by atoms with Crippen LogP contribution in [0.25, 0.3) is 0 Å². The number of nitrogens with zero attached hydrogens (tertiary/aromatic N) is 1. The Labute approximate surface area is 128 Å². The third-order valence-corrected chi connectivity index (χ3v) is 6.05. The summed E-state index contributed by atoms with van der Waals surface area (Å²) >= 11 is 0. The minimum atomic E-state index is -3.37. The molecule has 0 aromatic rings. The van der Waals surface area contributed by atoms with Crippen molar-refractivity contribution >= 4 is 10.2 Å². The minimum absolute atomic E-state index is 0.0347. The maximum atomic E-state index is 12.4. The van der Waals surface area contributed by atoms with Crippen LogP contribution in [0.1, 0.15) is 40.0 Å². The number of hydrogen-bond donors (Lipinski definition) is 2. The smallest absolute Gasteiger partial charge is 0.279 e. The Morgan fingerprint density at radius 3 is 2.43 bits per heavy atom. The lowest BCUT2D eigenvalue weighted by Gasteiger charge is -2.32. The second-order valence-electron chi connectivity index (χ2n) is 6.50. The van der Waals surface area contributed by atoms with Gasteiger partial charge in [0.2, 0.25) is 0 Å². The van der Waals surface area contributed by atoms with Crippen molar-refractivity contribution in [1.29, 1.82) is 0 Å². The molecule has 2 N–H and O–H groups in total. The van der Waals surface area contributed by atoms with E-state index in [4.69, 9.17) is 4.74 Å². The number of ether oxygens (including phenoxy) is 1. The van der Waals surface area contributed by atoms with Crippen LogP contribution in [0, 0.1) is 5.92 Å². The topological polar surface area (TPSA) is 70.7 Å². The third-order valence-electron chi connectivity index (χ3n) is 4.40. The molecule has 0 saturated carbocycles. The fourth-order valence-electron chi connectivity index (χ4n) is 2.91. The van der Waals surface area contributed by atoms with E-state index in [1.165, 1.54) is 0 Å². The standard InChI is InChI=1S/C14H29N3O3S/c1-11(2)15-10-13-4-7-17(8-5-13)21(18,19)16-14-6-9-20-12(14)3/h11-16H,4-10H2,1-3H3. The largest absolute Gasteiger partial charge is 0.377 e. The lowest BCUT2D eigenvalue weighted by Crippen LogP contribution is -2.50. The second-order valence-corrected chi connectivity index (χ2v) is 8.20. The molecule has 2 unspecified atom stereocenters. The molecule has 2 atom stereocenters. The van der Waals surface area contributed by atoms with E-state index in [0.717, 1.165) is 25.8 Å². The van der Waals surface area contributed by atoms with Crippen LogP contribution < -0.4 is 10.0 Å². The van der Waals surface area contributed by atoms with Gasteiger partial charge < -0.3 is 10.1 Å². The number of hydrogen-bond acceptors (Lipinski definition) is 4. The Morgan fingerprint density at radius 2 is 1.90 bits per heavy atom. The highest BCUT2D eigenvalue weighted by molar-refractivity contribution is 7.87. The lowest BCUT2D eigenvalue weighted by atomic mass is 9.98. The molecule has 0 radical (unpaired) electrons. The van der Waals surface area contributed by atoms with Gasteiger partial charge >= 0.3 is 0 Å². The highest BCUT2D eigenvalue weighted by Crippen LogP contribution is 2.20. The van der Waals surface area contributed by atoms with Crippen molar-refractivity contribution in [3.63, 3.8) is 0 Å². The summed E-state index contributed by atoms with van der Waals surface area (Å²) in [6.07, 6.45) is 2.58. The zero-order valence-electron chi connectivity index (χ0n) is 13.3. The molecule has 0 spiro atoms. The van der Waals surface area contributed by atoms with E-state index in [2.05, 4.69) is 23.9 Å². The molecule has 0 amide bonds. The predicted octanol–water partition coefficient (Wildman–Crippen LogP) is 0.708. The molecule has 7 heteroatoms.